The maximum atomic E-state index is 15.8. The number of ether oxygens (including phenoxy) is 1. The van der Waals surface area contributed by atoms with Gasteiger partial charge in [0.1, 0.15) is 17.1 Å². The van der Waals surface area contributed by atoms with E-state index in [-0.39, 0.29) is 11.3 Å². The van der Waals surface area contributed by atoms with Gasteiger partial charge in [-0.2, -0.15) is 0 Å². The van der Waals surface area contributed by atoms with Crippen molar-refractivity contribution in [1.82, 2.24) is 5.32 Å². The van der Waals surface area contributed by atoms with Crippen molar-refractivity contribution in [3.05, 3.63) is 34.0 Å². The van der Waals surface area contributed by atoms with Crippen molar-refractivity contribution in [2.75, 3.05) is 13.1 Å². The summed E-state index contributed by atoms with van der Waals surface area (Å²) in [7, 11) is -0.992. The first-order chi connectivity index (χ1) is 12.6. The minimum absolute atomic E-state index is 0.339. The molecule has 0 atom stereocenters. The highest BCUT2D eigenvalue weighted by Gasteiger charge is 2.54. The SMILES string of the molecule is CC1(C)OB(C(F)=C2CC3(CCNCC3)Oc3ccc(Br)cc32)OC1(C)C. The van der Waals surface area contributed by atoms with Crippen molar-refractivity contribution in [1.29, 1.82) is 0 Å². The van der Waals surface area contributed by atoms with E-state index >= 15 is 4.39 Å². The molecular formula is C20H26BBrFNO3. The van der Waals surface area contributed by atoms with Crippen molar-refractivity contribution in [3.63, 3.8) is 0 Å². The summed E-state index contributed by atoms with van der Waals surface area (Å²) in [5.74, 6) is 0.730. The monoisotopic (exact) mass is 437 g/mol. The van der Waals surface area contributed by atoms with Crippen LogP contribution in [0, 0.1) is 0 Å². The molecule has 2 saturated heterocycles. The molecule has 27 heavy (non-hydrogen) atoms. The van der Waals surface area contributed by atoms with Crippen molar-refractivity contribution < 1.29 is 18.4 Å². The van der Waals surface area contributed by atoms with Gasteiger partial charge in [-0.25, -0.2) is 4.39 Å². The molecule has 3 aliphatic rings. The summed E-state index contributed by atoms with van der Waals surface area (Å²) in [6, 6.07) is 5.77. The van der Waals surface area contributed by atoms with Gasteiger partial charge in [-0.05, 0) is 77.4 Å². The average Bonchev–Trinajstić information content (AvgIpc) is 2.82. The van der Waals surface area contributed by atoms with Crippen LogP contribution in [0.1, 0.15) is 52.5 Å². The highest BCUT2D eigenvalue weighted by Crippen LogP contribution is 2.48. The maximum Gasteiger partial charge on any atom is 0.525 e. The number of hydrogen-bond donors (Lipinski definition) is 1. The van der Waals surface area contributed by atoms with E-state index in [9.17, 15) is 0 Å². The first-order valence-electron chi connectivity index (χ1n) is 9.56. The molecule has 0 bridgehead atoms. The Morgan fingerprint density at radius 3 is 2.37 bits per heavy atom. The number of halogens is 2. The molecule has 0 radical (unpaired) electrons. The molecule has 146 valence electrons. The van der Waals surface area contributed by atoms with Crippen molar-refractivity contribution >= 4 is 28.6 Å². The van der Waals surface area contributed by atoms with Crippen LogP contribution in [0.5, 0.6) is 5.75 Å². The molecular weight excluding hydrogens is 412 g/mol. The van der Waals surface area contributed by atoms with E-state index in [1.54, 1.807) is 0 Å². The van der Waals surface area contributed by atoms with Crippen LogP contribution in [0.2, 0.25) is 0 Å². The maximum absolute atomic E-state index is 15.8. The molecule has 0 aromatic heterocycles. The fourth-order valence-corrected chi connectivity index (χ4v) is 4.34. The zero-order valence-electron chi connectivity index (χ0n) is 16.3. The zero-order valence-corrected chi connectivity index (χ0v) is 17.9. The number of rotatable bonds is 1. The molecule has 3 heterocycles. The highest BCUT2D eigenvalue weighted by molar-refractivity contribution is 9.10. The van der Waals surface area contributed by atoms with E-state index < -0.39 is 18.3 Å². The van der Waals surface area contributed by atoms with Gasteiger partial charge < -0.3 is 19.4 Å². The van der Waals surface area contributed by atoms with E-state index in [0.717, 1.165) is 41.7 Å². The zero-order chi connectivity index (χ0) is 19.4. The first-order valence-corrected chi connectivity index (χ1v) is 10.4. The third-order valence-electron chi connectivity index (χ3n) is 6.36. The molecule has 1 aromatic carbocycles. The number of piperidine rings is 1. The molecule has 0 unspecified atom stereocenters. The lowest BCUT2D eigenvalue weighted by Gasteiger charge is -2.42. The van der Waals surface area contributed by atoms with Gasteiger partial charge in [0.25, 0.3) is 0 Å². The van der Waals surface area contributed by atoms with Crippen LogP contribution in [0.4, 0.5) is 4.39 Å². The van der Waals surface area contributed by atoms with Gasteiger partial charge in [-0.1, -0.05) is 15.9 Å². The molecule has 1 aromatic rings. The van der Waals surface area contributed by atoms with Gasteiger partial charge in [-0.15, -0.1) is 0 Å². The van der Waals surface area contributed by atoms with Gasteiger partial charge in [0.05, 0.1) is 11.2 Å². The van der Waals surface area contributed by atoms with E-state index in [0.29, 0.717) is 12.0 Å². The normalized spacial score (nSPS) is 27.3. The standard InChI is InChI=1S/C20H26BBrFNO3/c1-18(2)19(3,4)27-21(26-18)17(23)15-12-20(7-9-24-10-8-20)25-16-6-5-13(22)11-14(15)16/h5-6,11,24H,7-10,12H2,1-4H3. The molecule has 1 N–H and O–H groups in total. The third-order valence-corrected chi connectivity index (χ3v) is 6.85. The average molecular weight is 438 g/mol. The lowest BCUT2D eigenvalue weighted by atomic mass is 9.75. The Balaban J connectivity index is 1.78. The van der Waals surface area contributed by atoms with Crippen LogP contribution in [-0.2, 0) is 9.31 Å². The summed E-state index contributed by atoms with van der Waals surface area (Å²) in [5.41, 5.74) is -0.448. The van der Waals surface area contributed by atoms with Gasteiger partial charge >= 0.3 is 7.12 Å². The quantitative estimate of drug-likeness (QED) is 0.648. The summed E-state index contributed by atoms with van der Waals surface area (Å²) >= 11 is 3.50. The molecule has 4 nitrogen and oxygen atoms in total. The predicted octanol–water partition coefficient (Wildman–Crippen LogP) is 4.67. The van der Waals surface area contributed by atoms with Crippen molar-refractivity contribution in [2.45, 2.75) is 63.8 Å². The lowest BCUT2D eigenvalue weighted by molar-refractivity contribution is 0.00578. The van der Waals surface area contributed by atoms with Crippen LogP contribution in [0.3, 0.4) is 0 Å². The summed E-state index contributed by atoms with van der Waals surface area (Å²) in [5, 5.41) is 3.36. The smallest absolute Gasteiger partial charge is 0.486 e. The highest BCUT2D eigenvalue weighted by atomic mass is 79.9. The summed E-state index contributed by atoms with van der Waals surface area (Å²) in [6.45, 7) is 9.50. The molecule has 4 rings (SSSR count). The molecule has 2 fully saturated rings. The Labute approximate surface area is 169 Å². The van der Waals surface area contributed by atoms with E-state index in [4.69, 9.17) is 14.0 Å². The lowest BCUT2D eigenvalue weighted by Crippen LogP contribution is -2.48. The van der Waals surface area contributed by atoms with Crippen LogP contribution in [0.25, 0.3) is 5.57 Å². The Morgan fingerprint density at radius 1 is 1.11 bits per heavy atom. The minimum atomic E-state index is -0.992. The second-order valence-electron chi connectivity index (χ2n) is 8.77. The number of nitrogens with one attached hydrogen (secondary N) is 1. The minimum Gasteiger partial charge on any atom is -0.486 e. The molecule has 0 amide bonds. The van der Waals surface area contributed by atoms with E-state index in [1.807, 2.05) is 45.9 Å². The summed E-state index contributed by atoms with van der Waals surface area (Å²) in [4.78, 5) is 0. The van der Waals surface area contributed by atoms with Crippen LogP contribution < -0.4 is 10.1 Å². The number of fused-ring (bicyclic) bond motifs is 1. The van der Waals surface area contributed by atoms with Crippen LogP contribution >= 0.6 is 15.9 Å². The fourth-order valence-electron chi connectivity index (χ4n) is 3.98. The fraction of sp³-hybridized carbons (Fsp3) is 0.600. The van der Waals surface area contributed by atoms with Crippen molar-refractivity contribution in [3.8, 4) is 5.75 Å². The van der Waals surface area contributed by atoms with Crippen molar-refractivity contribution in [2.24, 2.45) is 0 Å². The van der Waals surface area contributed by atoms with E-state index in [1.165, 1.54) is 0 Å². The van der Waals surface area contributed by atoms with Gasteiger partial charge in [0.15, 0.2) is 0 Å². The Bertz CT molecular complexity index is 773. The Kier molecular flexibility index (Phi) is 4.74. The largest absolute Gasteiger partial charge is 0.525 e. The Morgan fingerprint density at radius 2 is 1.74 bits per heavy atom. The Hall–Kier alpha value is -0.885. The van der Waals surface area contributed by atoms with Gasteiger partial charge in [-0.3, -0.25) is 0 Å². The molecule has 7 heteroatoms. The second kappa shape index (κ2) is 6.58. The van der Waals surface area contributed by atoms with Gasteiger partial charge in [0.2, 0.25) is 0 Å². The van der Waals surface area contributed by atoms with Crippen LogP contribution in [0.15, 0.2) is 28.4 Å². The topological polar surface area (TPSA) is 39.7 Å². The number of hydrogen-bond acceptors (Lipinski definition) is 4. The van der Waals surface area contributed by atoms with E-state index in [2.05, 4.69) is 21.2 Å². The predicted molar refractivity (Wildman–Crippen MR) is 108 cm³/mol. The third kappa shape index (κ3) is 3.37. The molecule has 0 saturated carbocycles. The first kappa shape index (κ1) is 19.4. The molecule has 1 spiro atoms. The summed E-state index contributed by atoms with van der Waals surface area (Å²) in [6.07, 6.45) is 2.22. The molecule has 0 aliphatic carbocycles. The van der Waals surface area contributed by atoms with Crippen LogP contribution in [-0.4, -0.2) is 37.0 Å². The number of benzene rings is 1. The second-order valence-corrected chi connectivity index (χ2v) is 9.68. The van der Waals surface area contributed by atoms with Gasteiger partial charge in [0, 0.05) is 16.5 Å². The summed E-state index contributed by atoms with van der Waals surface area (Å²) < 4.78 is 35.0. The molecule has 3 aliphatic heterocycles.